The second-order valence-corrected chi connectivity index (χ2v) is 8.45. The summed E-state index contributed by atoms with van der Waals surface area (Å²) < 4.78 is 25.1. The van der Waals surface area contributed by atoms with E-state index < -0.39 is 29.3 Å². The van der Waals surface area contributed by atoms with Gasteiger partial charge in [-0.1, -0.05) is 24.3 Å². The summed E-state index contributed by atoms with van der Waals surface area (Å²) in [4.78, 5) is 69.3. The van der Waals surface area contributed by atoms with Crippen molar-refractivity contribution in [2.45, 2.75) is 27.7 Å². The molecule has 0 aliphatic heterocycles. The normalized spacial score (nSPS) is 10.1. The summed E-state index contributed by atoms with van der Waals surface area (Å²) in [5.41, 5.74) is -0.624. The van der Waals surface area contributed by atoms with Crippen LogP contribution in [0.4, 0.5) is 0 Å². The zero-order valence-electron chi connectivity index (χ0n) is 22.8. The molecule has 0 saturated heterocycles. The molecule has 0 unspecified atom stereocenters. The van der Waals surface area contributed by atoms with Gasteiger partial charge in [0.15, 0.2) is 11.2 Å². The minimum Gasteiger partial charge on any atom is -0.478 e. The van der Waals surface area contributed by atoms with Gasteiger partial charge in [-0.3, -0.25) is 19.2 Å². The molecule has 12 heteroatoms. The van der Waals surface area contributed by atoms with E-state index in [1.54, 1.807) is 19.1 Å². The molecule has 2 heterocycles. The van der Waals surface area contributed by atoms with Crippen LogP contribution < -0.4 is 25.1 Å². The highest BCUT2D eigenvalue weighted by Gasteiger charge is 2.22. The Morgan fingerprint density at radius 3 is 1.86 bits per heavy atom. The third-order valence-corrected chi connectivity index (χ3v) is 5.39. The van der Waals surface area contributed by atoms with Crippen LogP contribution >= 0.6 is 0 Å². The van der Waals surface area contributed by atoms with E-state index in [1.807, 2.05) is 0 Å². The maximum Gasteiger partial charge on any atom is 0.347 e. The van der Waals surface area contributed by atoms with E-state index in [2.05, 4.69) is 0 Å². The maximum absolute atomic E-state index is 12.1. The molecule has 4 rings (SSSR count). The van der Waals surface area contributed by atoms with Crippen LogP contribution in [0.3, 0.4) is 0 Å². The average Bonchev–Trinajstić information content (AvgIpc) is 2.91. The van der Waals surface area contributed by atoms with Gasteiger partial charge in [0.2, 0.25) is 11.2 Å². The number of aryl methyl sites for hydroxylation is 2. The Labute approximate surface area is 237 Å². The summed E-state index contributed by atoms with van der Waals surface area (Å²) in [6, 6.07) is 12.7. The van der Waals surface area contributed by atoms with Crippen molar-refractivity contribution in [3.8, 4) is 28.4 Å². The van der Waals surface area contributed by atoms with Crippen molar-refractivity contribution in [2.75, 3.05) is 0 Å². The molecule has 2 aromatic carbocycles. The van der Waals surface area contributed by atoms with E-state index in [9.17, 15) is 33.9 Å². The molecule has 216 valence electrons. The van der Waals surface area contributed by atoms with Crippen molar-refractivity contribution in [1.29, 1.82) is 0 Å². The number of esters is 3. The highest BCUT2D eigenvalue weighted by Crippen LogP contribution is 2.33. The quantitative estimate of drug-likeness (QED) is 0.254. The van der Waals surface area contributed by atoms with E-state index in [-0.39, 0.29) is 50.7 Å². The molecular weight excluding hydrogens is 552 g/mol. The molecule has 0 atom stereocenters. The number of aromatic carboxylic acids is 1. The van der Waals surface area contributed by atoms with Gasteiger partial charge in [-0.05, 0) is 32.0 Å². The number of para-hydroxylation sites is 2. The van der Waals surface area contributed by atoms with Gasteiger partial charge >= 0.3 is 23.9 Å². The molecule has 0 saturated carbocycles. The Hall–Kier alpha value is -5.78. The summed E-state index contributed by atoms with van der Waals surface area (Å²) in [5, 5.41) is 9.20. The maximum atomic E-state index is 12.1. The Bertz CT molecular complexity index is 1780. The van der Waals surface area contributed by atoms with Gasteiger partial charge in [0.05, 0.1) is 18.1 Å². The first-order valence-corrected chi connectivity index (χ1v) is 12.1. The van der Waals surface area contributed by atoms with Crippen LogP contribution in [0.25, 0.3) is 11.1 Å². The molecule has 0 fully saturated rings. The van der Waals surface area contributed by atoms with Crippen LogP contribution in [0, 0.1) is 13.8 Å². The Balaban J connectivity index is 0.000000230. The number of hydrogen-bond donors (Lipinski definition) is 1. The first-order chi connectivity index (χ1) is 19.9. The molecule has 0 aliphatic rings. The summed E-state index contributed by atoms with van der Waals surface area (Å²) in [6.07, 6.45) is 2.45. The molecule has 0 radical (unpaired) electrons. The predicted molar refractivity (Wildman–Crippen MR) is 146 cm³/mol. The number of rotatable bonds is 6. The number of carboxylic acid groups (broad SMARTS) is 1. The van der Waals surface area contributed by atoms with Crippen molar-refractivity contribution in [3.63, 3.8) is 0 Å². The van der Waals surface area contributed by atoms with E-state index in [0.717, 1.165) is 13.0 Å². The first kappa shape index (κ1) is 30.8. The molecule has 0 aliphatic carbocycles. The zero-order valence-corrected chi connectivity index (χ0v) is 22.8. The van der Waals surface area contributed by atoms with Gasteiger partial charge in [-0.15, -0.1) is 0 Å². The second-order valence-electron chi connectivity index (χ2n) is 8.45. The topological polar surface area (TPSA) is 177 Å². The number of carbonyl (C=O) groups is 4. The summed E-state index contributed by atoms with van der Waals surface area (Å²) in [7, 11) is 0. The van der Waals surface area contributed by atoms with Gasteiger partial charge in [-0.2, -0.15) is 0 Å². The molecule has 42 heavy (non-hydrogen) atoms. The van der Waals surface area contributed by atoms with Crippen molar-refractivity contribution in [1.82, 2.24) is 0 Å². The highest BCUT2D eigenvalue weighted by atomic mass is 16.6. The monoisotopic (exact) mass is 576 g/mol. The molecule has 0 amide bonds. The van der Waals surface area contributed by atoms with Crippen LogP contribution in [0.2, 0.25) is 0 Å². The molecular formula is C30H24O12. The highest BCUT2D eigenvalue weighted by molar-refractivity contribution is 5.96. The fourth-order valence-corrected chi connectivity index (χ4v) is 3.64. The lowest BCUT2D eigenvalue weighted by Gasteiger charge is -2.12. The number of carboxylic acids is 1. The van der Waals surface area contributed by atoms with E-state index in [1.165, 1.54) is 62.8 Å². The molecule has 12 nitrogen and oxygen atoms in total. The van der Waals surface area contributed by atoms with Crippen LogP contribution in [-0.4, -0.2) is 29.0 Å². The van der Waals surface area contributed by atoms with Crippen molar-refractivity contribution in [3.05, 3.63) is 110 Å². The third kappa shape index (κ3) is 7.45. The molecule has 0 bridgehead atoms. The van der Waals surface area contributed by atoms with Crippen molar-refractivity contribution < 1.29 is 47.3 Å². The van der Waals surface area contributed by atoms with Crippen LogP contribution in [0.15, 0.2) is 85.5 Å². The summed E-state index contributed by atoms with van der Waals surface area (Å²) in [6.45, 7) is 5.45. The minimum atomic E-state index is -1.26. The lowest BCUT2D eigenvalue weighted by Crippen LogP contribution is -2.17. The van der Waals surface area contributed by atoms with Crippen LogP contribution in [-0.2, 0) is 9.59 Å². The number of benzene rings is 2. The predicted octanol–water partition coefficient (Wildman–Crippen LogP) is 4.33. The molecule has 1 N–H and O–H groups in total. The largest absolute Gasteiger partial charge is 0.478 e. The standard InChI is InChI=1S/2C15H12O6/c1-8-13(12(17)6-7-20-8)10-4-3-5-11(15(18)19)14(10)21-9(2)16;1-9-14(12(17)7-8-19-9)21-15(18)11-5-3-4-6-13(11)20-10(2)16/h3-7H,1-2H3,(H,18,19);3-8H,1-2H3. The van der Waals surface area contributed by atoms with Crippen LogP contribution in [0.1, 0.15) is 46.1 Å². The van der Waals surface area contributed by atoms with Gasteiger partial charge in [-0.25, -0.2) is 9.59 Å². The molecule has 2 aromatic heterocycles. The Kier molecular flexibility index (Phi) is 9.90. The van der Waals surface area contributed by atoms with E-state index >= 15 is 0 Å². The zero-order chi connectivity index (χ0) is 31.0. The fourth-order valence-electron chi connectivity index (χ4n) is 3.64. The van der Waals surface area contributed by atoms with Crippen molar-refractivity contribution in [2.24, 2.45) is 0 Å². The summed E-state index contributed by atoms with van der Waals surface area (Å²) >= 11 is 0. The minimum absolute atomic E-state index is 0.0374. The average molecular weight is 577 g/mol. The second kappa shape index (κ2) is 13.5. The van der Waals surface area contributed by atoms with Gasteiger partial charge < -0.3 is 28.2 Å². The lowest BCUT2D eigenvalue weighted by molar-refractivity contribution is -0.132. The summed E-state index contributed by atoms with van der Waals surface area (Å²) in [5.74, 6) is -3.13. The number of carbonyl (C=O) groups excluding carboxylic acids is 3. The van der Waals surface area contributed by atoms with E-state index in [0.29, 0.717) is 5.76 Å². The third-order valence-electron chi connectivity index (χ3n) is 5.39. The van der Waals surface area contributed by atoms with Crippen molar-refractivity contribution >= 4 is 23.9 Å². The lowest BCUT2D eigenvalue weighted by atomic mass is 10.0. The fraction of sp³-hybridized carbons (Fsp3) is 0.133. The van der Waals surface area contributed by atoms with E-state index in [4.69, 9.17) is 23.0 Å². The Morgan fingerprint density at radius 2 is 1.26 bits per heavy atom. The first-order valence-electron chi connectivity index (χ1n) is 12.1. The van der Waals surface area contributed by atoms with Crippen LogP contribution in [0.5, 0.6) is 17.2 Å². The molecule has 0 spiro atoms. The number of ether oxygens (including phenoxy) is 3. The number of hydrogen-bond acceptors (Lipinski definition) is 11. The smallest absolute Gasteiger partial charge is 0.347 e. The Morgan fingerprint density at radius 1 is 0.667 bits per heavy atom. The van der Waals surface area contributed by atoms with Gasteiger partial charge in [0, 0.05) is 31.5 Å². The molecule has 4 aromatic rings. The van der Waals surface area contributed by atoms with Gasteiger partial charge in [0.1, 0.15) is 28.4 Å². The SMILES string of the molecule is CC(=O)Oc1c(C(=O)O)cccc1-c1c(C)occc1=O.CC(=O)Oc1ccccc1C(=O)Oc1c(C)occc1=O. The van der Waals surface area contributed by atoms with Gasteiger partial charge in [0.25, 0.3) is 0 Å².